The summed E-state index contributed by atoms with van der Waals surface area (Å²) >= 11 is 7.26. The molecular formula is C17H13ClN2O4S. The summed E-state index contributed by atoms with van der Waals surface area (Å²) in [4.78, 5) is 25.5. The van der Waals surface area contributed by atoms with Gasteiger partial charge in [-0.3, -0.25) is 15.0 Å². The highest BCUT2D eigenvalue weighted by atomic mass is 35.5. The number of halogens is 1. The Morgan fingerprint density at radius 1 is 1.16 bits per heavy atom. The summed E-state index contributed by atoms with van der Waals surface area (Å²) in [6, 6.07) is 12.6. The van der Waals surface area contributed by atoms with E-state index >= 15 is 0 Å². The molecule has 128 valence electrons. The number of carbonyl (C=O) groups is 2. The van der Waals surface area contributed by atoms with Gasteiger partial charge in [0.25, 0.3) is 11.8 Å². The lowest BCUT2D eigenvalue weighted by Crippen LogP contribution is -2.35. The number of hydrogen-bond donors (Lipinski definition) is 1. The molecule has 0 spiro atoms. The second kappa shape index (κ2) is 6.50. The van der Waals surface area contributed by atoms with Crippen molar-refractivity contribution < 1.29 is 19.1 Å². The molecule has 1 fully saturated rings. The van der Waals surface area contributed by atoms with E-state index in [2.05, 4.69) is 5.43 Å². The van der Waals surface area contributed by atoms with E-state index in [1.807, 2.05) is 12.1 Å². The summed E-state index contributed by atoms with van der Waals surface area (Å²) in [6.45, 7) is 0.440. The topological polar surface area (TPSA) is 67.9 Å². The third-order valence-corrected chi connectivity index (χ3v) is 5.54. The van der Waals surface area contributed by atoms with Gasteiger partial charge in [0, 0.05) is 4.90 Å². The van der Waals surface area contributed by atoms with E-state index in [0.717, 1.165) is 17.3 Å². The highest BCUT2D eigenvalue weighted by Gasteiger charge is 2.40. The molecule has 25 heavy (non-hydrogen) atoms. The predicted molar refractivity (Wildman–Crippen MR) is 92.4 cm³/mol. The number of rotatable bonds is 4. The first-order valence-corrected chi connectivity index (χ1v) is 8.79. The molecule has 1 atom stereocenters. The van der Waals surface area contributed by atoms with E-state index in [1.54, 1.807) is 30.3 Å². The highest BCUT2D eigenvalue weighted by molar-refractivity contribution is 8.01. The zero-order valence-corrected chi connectivity index (χ0v) is 14.5. The number of benzene rings is 2. The van der Waals surface area contributed by atoms with E-state index in [0.29, 0.717) is 21.4 Å². The van der Waals surface area contributed by atoms with Crippen molar-refractivity contribution in [2.75, 3.05) is 6.79 Å². The Bertz CT molecular complexity index is 860. The second-order valence-corrected chi connectivity index (χ2v) is 7.07. The Morgan fingerprint density at radius 2 is 1.96 bits per heavy atom. The van der Waals surface area contributed by atoms with Crippen molar-refractivity contribution in [3.63, 3.8) is 0 Å². The van der Waals surface area contributed by atoms with Crippen LogP contribution in [0.5, 0.6) is 11.5 Å². The van der Waals surface area contributed by atoms with Gasteiger partial charge in [0.2, 0.25) is 6.79 Å². The Kier molecular flexibility index (Phi) is 4.19. The Balaban J connectivity index is 1.48. The third kappa shape index (κ3) is 3.12. The Labute approximate surface area is 153 Å². The molecule has 0 bridgehead atoms. The van der Waals surface area contributed by atoms with Gasteiger partial charge >= 0.3 is 0 Å². The number of nitrogens with zero attached hydrogens (tertiary/aromatic N) is 1. The van der Waals surface area contributed by atoms with Gasteiger partial charge in [0.15, 0.2) is 16.7 Å². The minimum atomic E-state index is -0.853. The number of hydrogen-bond acceptors (Lipinski definition) is 5. The summed E-state index contributed by atoms with van der Waals surface area (Å²) in [6.07, 6.45) is 0. The van der Waals surface area contributed by atoms with Gasteiger partial charge in [0.1, 0.15) is 0 Å². The smallest absolute Gasteiger partial charge is 0.264 e. The molecule has 0 aromatic heterocycles. The van der Waals surface area contributed by atoms with Crippen LogP contribution >= 0.6 is 23.4 Å². The predicted octanol–water partition coefficient (Wildman–Crippen LogP) is 2.60. The summed E-state index contributed by atoms with van der Waals surface area (Å²) < 4.78 is 10.6. The van der Waals surface area contributed by atoms with Crippen molar-refractivity contribution in [1.82, 2.24) is 10.4 Å². The number of fused-ring (bicyclic) bond motifs is 1. The van der Waals surface area contributed by atoms with Crippen molar-refractivity contribution in [2.45, 2.75) is 16.7 Å². The van der Waals surface area contributed by atoms with Gasteiger partial charge in [-0.15, -0.1) is 11.8 Å². The molecule has 0 saturated carbocycles. The van der Waals surface area contributed by atoms with E-state index in [1.165, 1.54) is 5.01 Å². The van der Waals surface area contributed by atoms with Crippen molar-refractivity contribution in [3.05, 3.63) is 53.1 Å². The zero-order valence-electron chi connectivity index (χ0n) is 12.9. The number of thioether (sulfide) groups is 1. The minimum Gasteiger partial charge on any atom is -0.454 e. The molecule has 0 aliphatic carbocycles. The molecule has 1 unspecified atom stereocenters. The van der Waals surface area contributed by atoms with Crippen molar-refractivity contribution in [3.8, 4) is 11.5 Å². The monoisotopic (exact) mass is 376 g/mol. The maximum Gasteiger partial charge on any atom is 0.264 e. The lowest BCUT2D eigenvalue weighted by Gasteiger charge is -2.15. The molecular weight excluding hydrogens is 364 g/mol. The number of hydrazine groups is 1. The lowest BCUT2D eigenvalue weighted by molar-refractivity contribution is -0.130. The molecule has 8 heteroatoms. The molecule has 4 rings (SSSR count). The van der Waals surface area contributed by atoms with E-state index in [-0.39, 0.29) is 25.2 Å². The van der Waals surface area contributed by atoms with Gasteiger partial charge in [-0.25, -0.2) is 5.01 Å². The summed E-state index contributed by atoms with van der Waals surface area (Å²) in [5.74, 6) is 0.661. The van der Waals surface area contributed by atoms with Crippen molar-refractivity contribution >= 4 is 35.2 Å². The van der Waals surface area contributed by atoms with Gasteiger partial charge in [-0.2, -0.15) is 0 Å². The fraction of sp³-hybridized carbons (Fsp3) is 0.176. The number of carbonyl (C=O) groups excluding carboxylic acids is 2. The molecule has 2 aromatic rings. The van der Waals surface area contributed by atoms with Crippen LogP contribution in [0.1, 0.15) is 5.56 Å². The Morgan fingerprint density at radius 3 is 2.80 bits per heavy atom. The highest BCUT2D eigenvalue weighted by Crippen LogP contribution is 2.35. The van der Waals surface area contributed by atoms with Crippen LogP contribution in [0.25, 0.3) is 0 Å². The van der Waals surface area contributed by atoms with Crippen LogP contribution in [0.15, 0.2) is 47.4 Å². The molecule has 2 aromatic carbocycles. The van der Waals surface area contributed by atoms with Gasteiger partial charge in [-0.1, -0.05) is 29.8 Å². The quantitative estimate of drug-likeness (QED) is 0.831. The summed E-state index contributed by atoms with van der Waals surface area (Å²) in [5.41, 5.74) is 3.45. The molecule has 1 saturated heterocycles. The third-order valence-electron chi connectivity index (χ3n) is 3.83. The fourth-order valence-electron chi connectivity index (χ4n) is 2.61. The first-order valence-electron chi connectivity index (χ1n) is 7.53. The average molecular weight is 377 g/mol. The van der Waals surface area contributed by atoms with Crippen LogP contribution < -0.4 is 14.9 Å². The maximum atomic E-state index is 12.6. The van der Waals surface area contributed by atoms with Gasteiger partial charge in [-0.05, 0) is 29.8 Å². The van der Waals surface area contributed by atoms with Crippen LogP contribution in [0.4, 0.5) is 0 Å². The van der Waals surface area contributed by atoms with Gasteiger partial charge in [0.05, 0.1) is 11.6 Å². The number of ether oxygens (including phenoxy) is 2. The zero-order chi connectivity index (χ0) is 17.4. The molecule has 6 nitrogen and oxygen atoms in total. The second-order valence-electron chi connectivity index (χ2n) is 5.52. The fourth-order valence-corrected chi connectivity index (χ4v) is 3.86. The van der Waals surface area contributed by atoms with Crippen molar-refractivity contribution in [1.29, 1.82) is 0 Å². The van der Waals surface area contributed by atoms with Crippen LogP contribution in [0.3, 0.4) is 0 Å². The average Bonchev–Trinajstić information content (AvgIpc) is 3.16. The number of nitrogens with one attached hydrogen (secondary N) is 1. The molecule has 1 N–H and O–H groups in total. The normalized spacial score (nSPS) is 18.6. The van der Waals surface area contributed by atoms with Crippen LogP contribution in [-0.4, -0.2) is 28.9 Å². The van der Waals surface area contributed by atoms with Crippen LogP contribution in [-0.2, 0) is 16.1 Å². The van der Waals surface area contributed by atoms with Gasteiger partial charge < -0.3 is 9.47 Å². The maximum absolute atomic E-state index is 12.6. The lowest BCUT2D eigenvalue weighted by atomic mass is 10.2. The SMILES string of the molecule is O=C1NN(Cc2ccc3c(c2)OCO3)C(=O)C1Sc1ccccc1Cl. The van der Waals surface area contributed by atoms with E-state index in [9.17, 15) is 9.59 Å². The standard InChI is InChI=1S/C17H13ClN2O4S/c18-11-3-1-2-4-14(11)25-15-16(21)19-20(17(15)22)8-10-5-6-12-13(7-10)24-9-23-12/h1-7,15H,8-9H2,(H,19,21). The largest absolute Gasteiger partial charge is 0.454 e. The van der Waals surface area contributed by atoms with E-state index in [4.69, 9.17) is 21.1 Å². The van der Waals surface area contributed by atoms with Crippen molar-refractivity contribution in [2.24, 2.45) is 0 Å². The molecule has 2 aliphatic rings. The molecule has 0 radical (unpaired) electrons. The summed E-state index contributed by atoms with van der Waals surface area (Å²) in [5, 5.41) is 0.977. The first-order chi connectivity index (χ1) is 12.1. The van der Waals surface area contributed by atoms with E-state index < -0.39 is 5.25 Å². The van der Waals surface area contributed by atoms with Crippen LogP contribution in [0, 0.1) is 0 Å². The van der Waals surface area contributed by atoms with Crippen LogP contribution in [0.2, 0.25) is 5.02 Å². The first kappa shape index (κ1) is 16.1. The Hall–Kier alpha value is -2.38. The summed E-state index contributed by atoms with van der Waals surface area (Å²) in [7, 11) is 0. The molecule has 2 heterocycles. The number of amides is 2. The molecule has 2 aliphatic heterocycles. The molecule has 2 amide bonds. The minimum absolute atomic E-state index is 0.189.